The molecule has 0 radical (unpaired) electrons. The van der Waals surface area contributed by atoms with E-state index in [2.05, 4.69) is 0 Å². The van der Waals surface area contributed by atoms with E-state index in [0.717, 1.165) is 0 Å². The van der Waals surface area contributed by atoms with Crippen LogP contribution in [0.2, 0.25) is 0 Å². The molecule has 0 rings (SSSR count). The summed E-state index contributed by atoms with van der Waals surface area (Å²) in [6.45, 7) is 0. The van der Waals surface area contributed by atoms with Crippen molar-refractivity contribution in [3.8, 4) is 0 Å². The molecular formula is H4CrFNa3O11SSi. The first-order valence-corrected chi connectivity index (χ1v) is 7.38. The van der Waals surface area contributed by atoms with Gasteiger partial charge in [0, 0.05) is 0 Å². The Labute approximate surface area is 171 Å². The molecule has 0 saturated carbocycles. The van der Waals surface area contributed by atoms with Crippen LogP contribution in [-0.4, -0.2) is 35.0 Å². The number of hydrogen-bond acceptors (Lipinski definition) is 7. The molecule has 4 N–H and O–H groups in total. The first-order chi connectivity index (χ1) is 6.00. The molecule has 0 aliphatic rings. The van der Waals surface area contributed by atoms with Crippen LogP contribution in [0.3, 0.4) is 0 Å². The fourth-order valence-corrected chi connectivity index (χ4v) is 0. The fourth-order valence-electron chi connectivity index (χ4n) is 0. The number of hydrogen-bond donors (Lipinski definition) is 4. The summed E-state index contributed by atoms with van der Waals surface area (Å²) in [5.41, 5.74) is 0. The first-order valence-electron chi connectivity index (χ1n) is 2.20. The Bertz CT molecular complexity index is 291. The molecule has 0 aromatic carbocycles. The average molecular weight is 380 g/mol. The van der Waals surface area contributed by atoms with Crippen LogP contribution >= 0.6 is 0 Å². The van der Waals surface area contributed by atoms with Gasteiger partial charge in [0.2, 0.25) is 0 Å². The third kappa shape index (κ3) is 702. The van der Waals surface area contributed by atoms with Crippen molar-refractivity contribution in [2.75, 3.05) is 0 Å². The molecular weight excluding hydrogens is 376 g/mol. The van der Waals surface area contributed by atoms with Gasteiger partial charge in [-0.1, -0.05) is 9.14 Å². The van der Waals surface area contributed by atoms with Gasteiger partial charge in [0.05, 0.1) is 0 Å². The van der Waals surface area contributed by atoms with Gasteiger partial charge in [0.25, 0.3) is 0 Å². The van der Waals surface area contributed by atoms with Gasteiger partial charge in [-0.05, 0) is 0 Å². The maximum atomic E-state index is 10.2. The number of halogens is 1. The second-order valence-corrected chi connectivity index (χ2v) is 4.63. The molecule has 0 unspecified atom stereocenters. The van der Waals surface area contributed by atoms with E-state index in [0.29, 0.717) is 0 Å². The second-order valence-electron chi connectivity index (χ2n) is 1.38. The Kier molecular flexibility index (Phi) is 33.8. The van der Waals surface area contributed by atoms with Crippen LogP contribution in [0.15, 0.2) is 0 Å². The molecule has 18 heavy (non-hydrogen) atoms. The summed E-state index contributed by atoms with van der Waals surface area (Å²) >= 11 is -5.25. The van der Waals surface area contributed by atoms with Crippen LogP contribution in [0.5, 0.6) is 0 Å². The first kappa shape index (κ1) is 37.3. The van der Waals surface area contributed by atoms with Crippen LogP contribution < -0.4 is 103 Å². The molecule has 0 bridgehead atoms. The van der Waals surface area contributed by atoms with E-state index < -0.39 is 33.2 Å². The molecule has 0 atom stereocenters. The molecule has 96 valence electrons. The maximum absolute atomic E-state index is 10.2. The SMILES string of the molecule is O=S(=O)(O)O.[Na+].[Na+].[Na+].[O-][Si]([O-])([O-])F.[O]=[Cr](=[O])([OH])[OH]. The average Bonchev–Trinajstić information content (AvgIpc) is 1.41. The second kappa shape index (κ2) is 16.3. The van der Waals surface area contributed by atoms with Gasteiger partial charge in [0.15, 0.2) is 0 Å². The Hall–Kier alpha value is 2.95. The van der Waals surface area contributed by atoms with Gasteiger partial charge in [-0.25, -0.2) is 0 Å². The summed E-state index contributed by atoms with van der Waals surface area (Å²) in [7, 11) is -10.5. The van der Waals surface area contributed by atoms with E-state index in [1.165, 1.54) is 0 Å². The van der Waals surface area contributed by atoms with Gasteiger partial charge in [0.1, 0.15) is 0 Å². The molecule has 0 fully saturated rings. The normalized spacial score (nSPS) is 9.78. The van der Waals surface area contributed by atoms with Crippen LogP contribution in [-0.2, 0) is 31.6 Å². The molecule has 18 heteroatoms. The van der Waals surface area contributed by atoms with Crippen LogP contribution in [0.25, 0.3) is 0 Å². The third-order valence-corrected chi connectivity index (χ3v) is 0. The zero-order valence-corrected chi connectivity index (χ0v) is 18.4. The summed E-state index contributed by atoms with van der Waals surface area (Å²) < 4.78 is 73.6. The minimum atomic E-state index is -5.86. The van der Waals surface area contributed by atoms with Gasteiger partial charge in [-0.3, -0.25) is 9.11 Å². The summed E-state index contributed by atoms with van der Waals surface area (Å²) in [4.78, 5) is 25.4. The molecule has 0 aromatic heterocycles. The predicted octanol–water partition coefficient (Wildman–Crippen LogP) is -14.5. The van der Waals surface area contributed by atoms with Crippen molar-refractivity contribution in [2.45, 2.75) is 0 Å². The van der Waals surface area contributed by atoms with E-state index in [1.54, 1.807) is 0 Å². The standard InChI is InChI=1S/Cr.FO3Si.3Na.H2O4S.2H2O.2O/c;1-5(2,3)4;;;;1-5(2,3)4;;;;/h;;;;;(H2,1,2,3,4);2*1H2;;/q+2;-3;3*+1;;;;;/p-2. The molecule has 11 nitrogen and oxygen atoms in total. The van der Waals surface area contributed by atoms with Crippen molar-refractivity contribution in [2.24, 2.45) is 0 Å². The van der Waals surface area contributed by atoms with E-state index in [9.17, 15) is 4.11 Å². The molecule has 0 aliphatic carbocycles. The summed E-state index contributed by atoms with van der Waals surface area (Å²) in [5.74, 6) is 0. The van der Waals surface area contributed by atoms with E-state index in [-0.39, 0.29) is 88.7 Å². The minimum absolute atomic E-state index is 0. The van der Waals surface area contributed by atoms with Crippen molar-refractivity contribution in [1.29, 1.82) is 0 Å². The van der Waals surface area contributed by atoms with Crippen molar-refractivity contribution in [3.63, 3.8) is 0 Å². The molecule has 0 amide bonds. The predicted molar refractivity (Wildman–Crippen MR) is 26.8 cm³/mol. The van der Waals surface area contributed by atoms with E-state index in [4.69, 9.17) is 47.8 Å². The quantitative estimate of drug-likeness (QED) is 0.176. The zero-order chi connectivity index (χ0) is 13.5. The molecule has 0 spiro atoms. The van der Waals surface area contributed by atoms with Gasteiger partial charge >= 0.3 is 129 Å². The van der Waals surface area contributed by atoms with E-state index >= 15 is 0 Å². The molecule has 0 heterocycles. The molecule has 0 aliphatic heterocycles. The summed E-state index contributed by atoms with van der Waals surface area (Å²) in [5, 5.41) is 0. The monoisotopic (exact) mass is 380 g/mol. The fraction of sp³-hybridized carbons (Fsp3) is 0. The van der Waals surface area contributed by atoms with Crippen molar-refractivity contribution in [1.82, 2.24) is 0 Å². The zero-order valence-electron chi connectivity index (χ0n) is 9.34. The topological polar surface area (TPSA) is 218 Å². The van der Waals surface area contributed by atoms with Crippen molar-refractivity contribution < 1.29 is 154 Å². The summed E-state index contributed by atoms with van der Waals surface area (Å²) in [6, 6.07) is 0. The Morgan fingerprint density at radius 2 is 0.944 bits per heavy atom. The Morgan fingerprint density at radius 1 is 0.944 bits per heavy atom. The molecule has 0 aromatic rings. The van der Waals surface area contributed by atoms with Crippen LogP contribution in [0, 0.1) is 0 Å². The Morgan fingerprint density at radius 3 is 0.944 bits per heavy atom. The van der Waals surface area contributed by atoms with Crippen molar-refractivity contribution in [3.05, 3.63) is 0 Å². The van der Waals surface area contributed by atoms with Gasteiger partial charge in [-0.2, -0.15) is 8.42 Å². The molecule has 0 saturated heterocycles. The van der Waals surface area contributed by atoms with Crippen LogP contribution in [0.1, 0.15) is 0 Å². The van der Waals surface area contributed by atoms with Crippen LogP contribution in [0.4, 0.5) is 4.11 Å². The summed E-state index contributed by atoms with van der Waals surface area (Å²) in [6.07, 6.45) is 0. The van der Waals surface area contributed by atoms with Gasteiger partial charge in [-0.15, -0.1) is 0 Å². The Balaban J connectivity index is -0.0000000277. The van der Waals surface area contributed by atoms with Crippen molar-refractivity contribution >= 4 is 19.5 Å². The van der Waals surface area contributed by atoms with Gasteiger partial charge < -0.3 is 18.5 Å². The third-order valence-electron chi connectivity index (χ3n) is 0. The number of rotatable bonds is 0. The van der Waals surface area contributed by atoms with E-state index in [1.807, 2.05) is 0 Å².